The van der Waals surface area contributed by atoms with E-state index in [1.54, 1.807) is 6.07 Å². The van der Waals surface area contributed by atoms with Crippen molar-refractivity contribution >= 4 is 22.5 Å². The van der Waals surface area contributed by atoms with E-state index in [-0.39, 0.29) is 35.1 Å². The van der Waals surface area contributed by atoms with Gasteiger partial charge in [0.1, 0.15) is 17.5 Å². The van der Waals surface area contributed by atoms with Crippen LogP contribution in [0.15, 0.2) is 54.9 Å². The fourth-order valence-corrected chi connectivity index (χ4v) is 4.73. The van der Waals surface area contributed by atoms with Crippen LogP contribution in [0, 0.1) is 0 Å². The van der Waals surface area contributed by atoms with Gasteiger partial charge in [-0.15, -0.1) is 0 Å². The molecule has 1 aliphatic rings. The number of pyridine rings is 2. The molecule has 7 nitrogen and oxygen atoms in total. The second kappa shape index (κ2) is 10.6. The summed E-state index contributed by atoms with van der Waals surface area (Å²) in [5.74, 6) is 0.739. The van der Waals surface area contributed by atoms with Crippen LogP contribution in [0.5, 0.6) is 0 Å². The highest BCUT2D eigenvalue weighted by Crippen LogP contribution is 2.37. The Balaban J connectivity index is 1.57. The molecule has 0 amide bonds. The largest absolute Gasteiger partial charge is 0.418 e. The van der Waals surface area contributed by atoms with Gasteiger partial charge >= 0.3 is 12.4 Å². The fourth-order valence-electron chi connectivity index (χ4n) is 4.73. The molecule has 1 aliphatic heterocycles. The summed E-state index contributed by atoms with van der Waals surface area (Å²) in [5.41, 5.74) is -1.48. The van der Waals surface area contributed by atoms with Gasteiger partial charge in [-0.05, 0) is 50.2 Å². The van der Waals surface area contributed by atoms with Gasteiger partial charge in [-0.25, -0.2) is 15.0 Å². The second-order valence-corrected chi connectivity index (χ2v) is 9.62. The third-order valence-corrected chi connectivity index (χ3v) is 6.33. The van der Waals surface area contributed by atoms with Crippen LogP contribution in [0.3, 0.4) is 0 Å². The first kappa shape index (κ1) is 27.7. The molecule has 13 heteroatoms. The van der Waals surface area contributed by atoms with Crippen molar-refractivity contribution in [2.45, 2.75) is 45.0 Å². The van der Waals surface area contributed by atoms with Crippen LogP contribution in [0.4, 0.5) is 38.0 Å². The van der Waals surface area contributed by atoms with Gasteiger partial charge in [0, 0.05) is 36.4 Å². The van der Waals surface area contributed by atoms with Crippen molar-refractivity contribution in [2.24, 2.45) is 0 Å². The Labute approximate surface area is 225 Å². The van der Waals surface area contributed by atoms with E-state index in [1.165, 1.54) is 30.5 Å². The fraction of sp³-hybridized carbons (Fsp3) is 0.333. The molecule has 2 atom stereocenters. The molecule has 1 aromatic carbocycles. The van der Waals surface area contributed by atoms with E-state index in [4.69, 9.17) is 4.74 Å². The van der Waals surface area contributed by atoms with Gasteiger partial charge < -0.3 is 10.1 Å². The summed E-state index contributed by atoms with van der Waals surface area (Å²) >= 11 is 0. The molecule has 210 valence electrons. The minimum atomic E-state index is -4.61. The van der Waals surface area contributed by atoms with E-state index < -0.39 is 23.5 Å². The zero-order chi connectivity index (χ0) is 28.7. The van der Waals surface area contributed by atoms with E-state index in [1.807, 2.05) is 13.8 Å². The van der Waals surface area contributed by atoms with Crippen molar-refractivity contribution in [1.82, 2.24) is 24.8 Å². The number of nitrogens with zero attached hydrogens (tertiary/aromatic N) is 5. The first-order chi connectivity index (χ1) is 18.9. The number of rotatable bonds is 5. The molecular weight excluding hydrogens is 538 g/mol. The number of hydrogen-bond acceptors (Lipinski definition) is 7. The first-order valence-corrected chi connectivity index (χ1v) is 12.4. The lowest BCUT2D eigenvalue weighted by molar-refractivity contribution is -0.138. The average Bonchev–Trinajstić information content (AvgIpc) is 2.87. The number of halogens is 6. The quantitative estimate of drug-likeness (QED) is 0.279. The van der Waals surface area contributed by atoms with Crippen LogP contribution in [-0.4, -0.2) is 50.1 Å². The third kappa shape index (κ3) is 6.15. The van der Waals surface area contributed by atoms with E-state index >= 15 is 0 Å². The smallest absolute Gasteiger partial charge is 0.373 e. The highest BCUT2D eigenvalue weighted by atomic mass is 19.4. The summed E-state index contributed by atoms with van der Waals surface area (Å²) in [5, 5.41) is 3.39. The van der Waals surface area contributed by atoms with Crippen LogP contribution < -0.4 is 5.32 Å². The molecule has 1 N–H and O–H groups in total. The number of fused-ring (bicyclic) bond motifs is 1. The van der Waals surface area contributed by atoms with Gasteiger partial charge in [0.15, 0.2) is 0 Å². The van der Waals surface area contributed by atoms with Crippen molar-refractivity contribution in [2.75, 3.05) is 18.4 Å². The van der Waals surface area contributed by atoms with E-state index in [9.17, 15) is 26.3 Å². The standard InChI is InChI=1S/C27H24F6N6O/c1-15-12-39(13-16(2)40-15)14-23-36-21-10-17(24-20(27(31,32)33)4-3-9-34-24)5-7-19(21)25(38-23)37-22-8-6-18(11-35-22)26(28,29)30/h3-11,15-16H,12-14H2,1-2H3,(H,35,36,37,38). The van der Waals surface area contributed by atoms with E-state index in [0.29, 0.717) is 42.6 Å². The molecule has 2 unspecified atom stereocenters. The zero-order valence-electron chi connectivity index (χ0n) is 21.4. The maximum atomic E-state index is 13.7. The van der Waals surface area contributed by atoms with Crippen LogP contribution in [0.1, 0.15) is 30.8 Å². The SMILES string of the molecule is CC1CN(Cc2nc(Nc3ccc(C(F)(F)F)cn3)c3ccc(-c4ncccc4C(F)(F)F)cc3n2)CC(C)O1. The summed E-state index contributed by atoms with van der Waals surface area (Å²) in [6, 6.07) is 8.77. The Kier molecular flexibility index (Phi) is 7.36. The Bertz CT molecular complexity index is 1500. The lowest BCUT2D eigenvalue weighted by Gasteiger charge is -2.34. The molecule has 4 heterocycles. The lowest BCUT2D eigenvalue weighted by Crippen LogP contribution is -2.45. The molecule has 1 saturated heterocycles. The molecular formula is C27H24F6N6O. The molecule has 3 aromatic heterocycles. The Hall–Kier alpha value is -3.84. The topological polar surface area (TPSA) is 76.1 Å². The van der Waals surface area contributed by atoms with Crippen molar-refractivity contribution in [1.29, 1.82) is 0 Å². The predicted octanol–water partition coefficient (Wildman–Crippen LogP) is 6.48. The van der Waals surface area contributed by atoms with Gasteiger partial charge in [-0.2, -0.15) is 26.3 Å². The minimum absolute atomic E-state index is 0.0188. The normalized spacial score (nSPS) is 18.7. The van der Waals surface area contributed by atoms with Crippen LogP contribution in [-0.2, 0) is 23.6 Å². The van der Waals surface area contributed by atoms with Crippen LogP contribution in [0.25, 0.3) is 22.2 Å². The van der Waals surface area contributed by atoms with Crippen molar-refractivity contribution in [3.05, 3.63) is 71.8 Å². The number of hydrogen-bond donors (Lipinski definition) is 1. The summed E-state index contributed by atoms with van der Waals surface area (Å²) in [6.07, 6.45) is -7.20. The highest BCUT2D eigenvalue weighted by molar-refractivity contribution is 5.93. The van der Waals surface area contributed by atoms with Crippen LogP contribution in [0.2, 0.25) is 0 Å². The van der Waals surface area contributed by atoms with Gasteiger partial charge in [-0.3, -0.25) is 9.88 Å². The molecule has 0 saturated carbocycles. The number of anilines is 2. The van der Waals surface area contributed by atoms with Gasteiger partial charge in [0.05, 0.1) is 41.1 Å². The number of alkyl halides is 6. The molecule has 4 aromatic rings. The van der Waals surface area contributed by atoms with E-state index in [0.717, 1.165) is 12.1 Å². The summed E-state index contributed by atoms with van der Waals surface area (Å²) < 4.78 is 85.8. The van der Waals surface area contributed by atoms with Gasteiger partial charge in [0.25, 0.3) is 0 Å². The number of ether oxygens (including phenoxy) is 1. The molecule has 0 bridgehead atoms. The molecule has 1 fully saturated rings. The first-order valence-electron chi connectivity index (χ1n) is 12.4. The Morgan fingerprint density at radius 1 is 0.925 bits per heavy atom. The zero-order valence-corrected chi connectivity index (χ0v) is 21.4. The van der Waals surface area contributed by atoms with Gasteiger partial charge in [-0.1, -0.05) is 6.07 Å². The number of aromatic nitrogens is 4. The maximum Gasteiger partial charge on any atom is 0.418 e. The summed E-state index contributed by atoms with van der Waals surface area (Å²) in [7, 11) is 0. The molecule has 40 heavy (non-hydrogen) atoms. The van der Waals surface area contributed by atoms with Crippen molar-refractivity contribution in [3.8, 4) is 11.3 Å². The number of benzene rings is 1. The van der Waals surface area contributed by atoms with E-state index in [2.05, 4.69) is 30.2 Å². The Morgan fingerprint density at radius 3 is 2.33 bits per heavy atom. The summed E-state index contributed by atoms with van der Waals surface area (Å²) in [6.45, 7) is 5.47. The monoisotopic (exact) mass is 562 g/mol. The average molecular weight is 563 g/mol. The highest BCUT2D eigenvalue weighted by Gasteiger charge is 2.34. The maximum absolute atomic E-state index is 13.7. The predicted molar refractivity (Wildman–Crippen MR) is 136 cm³/mol. The molecule has 0 aliphatic carbocycles. The third-order valence-electron chi connectivity index (χ3n) is 6.33. The molecule has 0 radical (unpaired) electrons. The second-order valence-electron chi connectivity index (χ2n) is 9.62. The summed E-state index contributed by atoms with van der Waals surface area (Å²) in [4.78, 5) is 19.2. The molecule has 0 spiro atoms. The Morgan fingerprint density at radius 2 is 1.68 bits per heavy atom. The number of morpholine rings is 1. The minimum Gasteiger partial charge on any atom is -0.373 e. The molecule has 5 rings (SSSR count). The van der Waals surface area contributed by atoms with Crippen LogP contribution >= 0.6 is 0 Å². The number of nitrogens with one attached hydrogen (secondary N) is 1. The lowest BCUT2D eigenvalue weighted by atomic mass is 10.0. The van der Waals surface area contributed by atoms with Crippen molar-refractivity contribution < 1.29 is 31.1 Å². The van der Waals surface area contributed by atoms with Crippen molar-refractivity contribution in [3.63, 3.8) is 0 Å². The van der Waals surface area contributed by atoms with Gasteiger partial charge in [0.2, 0.25) is 0 Å².